The van der Waals surface area contributed by atoms with Crippen molar-refractivity contribution < 1.29 is 9.32 Å². The van der Waals surface area contributed by atoms with Gasteiger partial charge in [0.1, 0.15) is 0 Å². The van der Waals surface area contributed by atoms with E-state index in [-0.39, 0.29) is 5.91 Å². The van der Waals surface area contributed by atoms with E-state index in [1.165, 1.54) is 6.39 Å². The van der Waals surface area contributed by atoms with Gasteiger partial charge in [0.15, 0.2) is 5.82 Å². The summed E-state index contributed by atoms with van der Waals surface area (Å²) in [4.78, 5) is 15.7. The van der Waals surface area contributed by atoms with Crippen LogP contribution in [0.2, 0.25) is 0 Å². The number of carbonyl (C=O) groups excluding carboxylic acids is 1. The normalized spacial score (nSPS) is 10.3. The van der Waals surface area contributed by atoms with Crippen LogP contribution in [0.5, 0.6) is 0 Å². The highest BCUT2D eigenvalue weighted by Crippen LogP contribution is 2.13. The number of rotatable bonds is 4. The van der Waals surface area contributed by atoms with Gasteiger partial charge in [0.25, 0.3) is 5.91 Å². The van der Waals surface area contributed by atoms with Gasteiger partial charge in [-0.1, -0.05) is 11.2 Å². The van der Waals surface area contributed by atoms with Crippen molar-refractivity contribution in [3.8, 4) is 0 Å². The van der Waals surface area contributed by atoms with E-state index in [1.807, 2.05) is 13.0 Å². The van der Waals surface area contributed by atoms with E-state index in [9.17, 15) is 4.79 Å². The minimum Gasteiger partial charge on any atom is -0.398 e. The van der Waals surface area contributed by atoms with Crippen molar-refractivity contribution >= 4 is 11.6 Å². The molecule has 94 valence electrons. The Labute approximate surface area is 104 Å². The fraction of sp³-hybridized carbons (Fsp3) is 0.250. The maximum absolute atomic E-state index is 11.8. The number of hydrogen-bond donors (Lipinski definition) is 2. The Bertz CT molecular complexity index is 537. The first kappa shape index (κ1) is 12.1. The standard InChI is InChI=1S/C12H14N4O2/c1-8-2-3-9(10(13)6-8)12(17)14-5-4-11-15-7-18-16-11/h2-3,6-7H,4-5,13H2,1H3,(H,14,17). The summed E-state index contributed by atoms with van der Waals surface area (Å²) in [5.41, 5.74) is 7.77. The van der Waals surface area contributed by atoms with Crippen LogP contribution < -0.4 is 11.1 Å². The first-order valence-electron chi connectivity index (χ1n) is 5.56. The average molecular weight is 246 g/mol. The number of nitrogen functional groups attached to an aromatic ring is 1. The number of aryl methyl sites for hydroxylation is 1. The molecular formula is C12H14N4O2. The lowest BCUT2D eigenvalue weighted by atomic mass is 10.1. The smallest absolute Gasteiger partial charge is 0.253 e. The second kappa shape index (κ2) is 5.31. The maximum Gasteiger partial charge on any atom is 0.253 e. The quantitative estimate of drug-likeness (QED) is 0.783. The number of anilines is 1. The number of nitrogens with zero attached hydrogens (tertiary/aromatic N) is 2. The predicted molar refractivity (Wildman–Crippen MR) is 65.9 cm³/mol. The average Bonchev–Trinajstić information content (AvgIpc) is 2.81. The lowest BCUT2D eigenvalue weighted by molar-refractivity contribution is 0.0955. The molecule has 0 bridgehead atoms. The van der Waals surface area contributed by atoms with Crippen molar-refractivity contribution in [2.24, 2.45) is 0 Å². The summed E-state index contributed by atoms with van der Waals surface area (Å²) in [5, 5.41) is 6.41. The maximum atomic E-state index is 11.8. The van der Waals surface area contributed by atoms with Gasteiger partial charge in [0, 0.05) is 18.7 Å². The summed E-state index contributed by atoms with van der Waals surface area (Å²) < 4.78 is 4.60. The van der Waals surface area contributed by atoms with Gasteiger partial charge in [-0.3, -0.25) is 4.79 Å². The summed E-state index contributed by atoms with van der Waals surface area (Å²) in [6, 6.07) is 5.34. The van der Waals surface area contributed by atoms with Crippen molar-refractivity contribution in [1.82, 2.24) is 15.5 Å². The molecule has 6 heteroatoms. The molecule has 1 aromatic carbocycles. The summed E-state index contributed by atoms with van der Waals surface area (Å²) >= 11 is 0. The van der Waals surface area contributed by atoms with Crippen molar-refractivity contribution in [1.29, 1.82) is 0 Å². The summed E-state index contributed by atoms with van der Waals surface area (Å²) in [6.45, 7) is 2.36. The van der Waals surface area contributed by atoms with Crippen molar-refractivity contribution in [2.45, 2.75) is 13.3 Å². The number of nitrogens with one attached hydrogen (secondary N) is 1. The van der Waals surface area contributed by atoms with Crippen LogP contribution in [0.25, 0.3) is 0 Å². The van der Waals surface area contributed by atoms with Gasteiger partial charge in [-0.2, -0.15) is 4.98 Å². The summed E-state index contributed by atoms with van der Waals surface area (Å²) in [7, 11) is 0. The second-order valence-corrected chi connectivity index (χ2v) is 3.94. The molecule has 3 N–H and O–H groups in total. The zero-order chi connectivity index (χ0) is 13.0. The number of nitrogens with two attached hydrogens (primary N) is 1. The number of carbonyl (C=O) groups is 1. The number of aromatic nitrogens is 2. The van der Waals surface area contributed by atoms with E-state index in [1.54, 1.807) is 12.1 Å². The van der Waals surface area contributed by atoms with Gasteiger partial charge < -0.3 is 15.6 Å². The van der Waals surface area contributed by atoms with Gasteiger partial charge in [0.05, 0.1) is 5.56 Å². The molecule has 6 nitrogen and oxygen atoms in total. The first-order chi connectivity index (χ1) is 8.66. The Morgan fingerprint density at radius 1 is 1.50 bits per heavy atom. The molecular weight excluding hydrogens is 232 g/mol. The van der Waals surface area contributed by atoms with E-state index >= 15 is 0 Å². The Kier molecular flexibility index (Phi) is 3.57. The van der Waals surface area contributed by atoms with Gasteiger partial charge in [-0.15, -0.1) is 0 Å². The van der Waals surface area contributed by atoms with Crippen LogP contribution >= 0.6 is 0 Å². The fourth-order valence-electron chi connectivity index (χ4n) is 1.57. The third kappa shape index (κ3) is 2.85. The van der Waals surface area contributed by atoms with Crippen LogP contribution in [0.15, 0.2) is 29.1 Å². The van der Waals surface area contributed by atoms with Gasteiger partial charge in [-0.25, -0.2) is 0 Å². The molecule has 0 saturated carbocycles. The van der Waals surface area contributed by atoms with E-state index in [2.05, 4.69) is 20.0 Å². The van der Waals surface area contributed by atoms with Crippen LogP contribution in [-0.4, -0.2) is 22.6 Å². The molecule has 0 aliphatic rings. The Morgan fingerprint density at radius 3 is 3.00 bits per heavy atom. The molecule has 1 aromatic heterocycles. The van der Waals surface area contributed by atoms with Crippen LogP contribution in [-0.2, 0) is 6.42 Å². The van der Waals surface area contributed by atoms with Crippen LogP contribution in [0.1, 0.15) is 21.7 Å². The number of amides is 1. The zero-order valence-corrected chi connectivity index (χ0v) is 10.0. The Morgan fingerprint density at radius 2 is 2.33 bits per heavy atom. The molecule has 0 atom stereocenters. The van der Waals surface area contributed by atoms with Crippen LogP contribution in [0.3, 0.4) is 0 Å². The second-order valence-electron chi connectivity index (χ2n) is 3.94. The predicted octanol–water partition coefficient (Wildman–Crippen LogP) is 0.933. The molecule has 0 aliphatic heterocycles. The summed E-state index contributed by atoms with van der Waals surface area (Å²) in [5.74, 6) is 0.364. The minimum absolute atomic E-state index is 0.198. The molecule has 0 fully saturated rings. The Hall–Kier alpha value is -2.37. The van der Waals surface area contributed by atoms with Crippen molar-refractivity contribution in [2.75, 3.05) is 12.3 Å². The lowest BCUT2D eigenvalue weighted by Gasteiger charge is -2.07. The minimum atomic E-state index is -0.198. The number of hydrogen-bond acceptors (Lipinski definition) is 5. The zero-order valence-electron chi connectivity index (χ0n) is 10.0. The monoisotopic (exact) mass is 246 g/mol. The molecule has 2 aromatic rings. The SMILES string of the molecule is Cc1ccc(C(=O)NCCc2ncon2)c(N)c1. The third-order valence-corrected chi connectivity index (χ3v) is 2.49. The molecule has 0 aliphatic carbocycles. The highest BCUT2D eigenvalue weighted by atomic mass is 16.5. The molecule has 1 amide bonds. The largest absolute Gasteiger partial charge is 0.398 e. The lowest BCUT2D eigenvalue weighted by Crippen LogP contribution is -2.26. The van der Waals surface area contributed by atoms with E-state index in [4.69, 9.17) is 5.73 Å². The van der Waals surface area contributed by atoms with Gasteiger partial charge in [0.2, 0.25) is 6.39 Å². The van der Waals surface area contributed by atoms with Crippen LogP contribution in [0.4, 0.5) is 5.69 Å². The third-order valence-electron chi connectivity index (χ3n) is 2.49. The molecule has 0 radical (unpaired) electrons. The van der Waals surface area contributed by atoms with Gasteiger partial charge in [-0.05, 0) is 24.6 Å². The van der Waals surface area contributed by atoms with Gasteiger partial charge >= 0.3 is 0 Å². The molecule has 2 rings (SSSR count). The van der Waals surface area contributed by atoms with E-state index in [0.717, 1.165) is 5.56 Å². The van der Waals surface area contributed by atoms with Crippen molar-refractivity contribution in [3.05, 3.63) is 41.5 Å². The van der Waals surface area contributed by atoms with Crippen molar-refractivity contribution in [3.63, 3.8) is 0 Å². The highest BCUT2D eigenvalue weighted by Gasteiger charge is 2.09. The molecule has 18 heavy (non-hydrogen) atoms. The molecule has 0 saturated heterocycles. The molecule has 0 unspecified atom stereocenters. The summed E-state index contributed by atoms with van der Waals surface area (Å²) in [6.07, 6.45) is 1.78. The Balaban J connectivity index is 1.91. The van der Waals surface area contributed by atoms with Crippen LogP contribution in [0, 0.1) is 6.92 Å². The van der Waals surface area contributed by atoms with E-state index < -0.39 is 0 Å². The number of benzene rings is 1. The fourth-order valence-corrected chi connectivity index (χ4v) is 1.57. The van der Waals surface area contributed by atoms with E-state index in [0.29, 0.717) is 30.0 Å². The highest BCUT2D eigenvalue weighted by molar-refractivity contribution is 5.99. The topological polar surface area (TPSA) is 94.0 Å². The molecule has 1 heterocycles. The first-order valence-corrected chi connectivity index (χ1v) is 5.56. The molecule has 0 spiro atoms.